The lowest BCUT2D eigenvalue weighted by molar-refractivity contribution is 0.0912. The zero-order chi connectivity index (χ0) is 19.4. The first kappa shape index (κ1) is 18.2. The Morgan fingerprint density at radius 3 is 2.56 bits per heavy atom. The molecule has 2 N–H and O–H groups in total. The van der Waals surface area contributed by atoms with E-state index in [4.69, 9.17) is 15.7 Å². The summed E-state index contributed by atoms with van der Waals surface area (Å²) in [6.07, 6.45) is 0.179. The van der Waals surface area contributed by atoms with Crippen LogP contribution in [0.2, 0.25) is 0 Å². The highest BCUT2D eigenvalue weighted by atomic mass is 19.1. The average molecular weight is 365 g/mol. The van der Waals surface area contributed by atoms with E-state index in [2.05, 4.69) is 11.1 Å². The van der Waals surface area contributed by atoms with Gasteiger partial charge in [-0.15, -0.1) is 0 Å². The number of halogens is 1. The zero-order valence-electron chi connectivity index (χ0n) is 14.4. The third-order valence-electron chi connectivity index (χ3n) is 4.38. The average Bonchev–Trinajstić information content (AvgIpc) is 2.67. The molecule has 1 aromatic carbocycles. The number of amides is 1. The highest BCUT2D eigenvalue weighted by molar-refractivity contribution is 5.66. The molecule has 0 saturated carbocycles. The minimum absolute atomic E-state index is 0.0491. The van der Waals surface area contributed by atoms with Gasteiger partial charge in [0.1, 0.15) is 23.8 Å². The molecule has 2 heterocycles. The van der Waals surface area contributed by atoms with E-state index in [-0.39, 0.29) is 11.7 Å². The topological polar surface area (TPSA) is 116 Å². The van der Waals surface area contributed by atoms with Gasteiger partial charge < -0.3 is 15.4 Å². The van der Waals surface area contributed by atoms with Gasteiger partial charge in [-0.25, -0.2) is 14.2 Å². The van der Waals surface area contributed by atoms with E-state index in [1.165, 1.54) is 12.1 Å². The van der Waals surface area contributed by atoms with Crippen LogP contribution in [0, 0.1) is 28.5 Å². The molecule has 3 rings (SSSR count). The first-order chi connectivity index (χ1) is 13.0. The Balaban J connectivity index is 1.87. The second-order valence-electron chi connectivity index (χ2n) is 6.14. The van der Waals surface area contributed by atoms with Crippen molar-refractivity contribution in [2.45, 2.75) is 18.9 Å². The number of hydrogen-bond acceptors (Lipinski definition) is 6. The SMILES string of the molecule is N#Cc1cc(-c2ccc(C#N)c(F)c2)nc(N2CCC(OC(N)=O)CC2)c1. The molecule has 1 fully saturated rings. The molecule has 0 atom stereocenters. The minimum Gasteiger partial charge on any atom is -0.446 e. The fraction of sp³-hybridized carbons (Fsp3) is 0.263. The Morgan fingerprint density at radius 2 is 1.96 bits per heavy atom. The van der Waals surface area contributed by atoms with Gasteiger partial charge in [0.15, 0.2) is 0 Å². The molecular weight excluding hydrogens is 349 g/mol. The van der Waals surface area contributed by atoms with Crippen molar-refractivity contribution in [3.8, 4) is 23.4 Å². The summed E-state index contributed by atoms with van der Waals surface area (Å²) in [6, 6.07) is 11.3. The van der Waals surface area contributed by atoms with E-state index in [9.17, 15) is 14.4 Å². The summed E-state index contributed by atoms with van der Waals surface area (Å²) in [5.41, 5.74) is 6.33. The molecule has 1 aromatic heterocycles. The van der Waals surface area contributed by atoms with Crippen LogP contribution in [0.1, 0.15) is 24.0 Å². The molecule has 7 nitrogen and oxygen atoms in total. The van der Waals surface area contributed by atoms with Crippen molar-refractivity contribution in [1.29, 1.82) is 10.5 Å². The van der Waals surface area contributed by atoms with Crippen molar-refractivity contribution in [3.05, 3.63) is 47.3 Å². The number of pyridine rings is 1. The van der Waals surface area contributed by atoms with Crippen LogP contribution in [0.25, 0.3) is 11.3 Å². The first-order valence-corrected chi connectivity index (χ1v) is 8.33. The van der Waals surface area contributed by atoms with Crippen LogP contribution >= 0.6 is 0 Å². The number of carbonyl (C=O) groups is 1. The molecule has 2 aromatic rings. The van der Waals surface area contributed by atoms with E-state index < -0.39 is 11.9 Å². The molecule has 0 bridgehead atoms. The fourth-order valence-electron chi connectivity index (χ4n) is 3.02. The maximum atomic E-state index is 13.9. The Labute approximate surface area is 155 Å². The normalized spacial score (nSPS) is 14.3. The van der Waals surface area contributed by atoms with Crippen molar-refractivity contribution in [3.63, 3.8) is 0 Å². The second-order valence-corrected chi connectivity index (χ2v) is 6.14. The summed E-state index contributed by atoms with van der Waals surface area (Å²) in [4.78, 5) is 17.4. The van der Waals surface area contributed by atoms with Gasteiger partial charge in [0, 0.05) is 31.5 Å². The van der Waals surface area contributed by atoms with Gasteiger partial charge >= 0.3 is 6.09 Å². The number of nitrogens with two attached hydrogens (primary N) is 1. The minimum atomic E-state index is -0.789. The molecule has 1 amide bonds. The van der Waals surface area contributed by atoms with E-state index >= 15 is 0 Å². The van der Waals surface area contributed by atoms with Crippen LogP contribution in [0.3, 0.4) is 0 Å². The number of anilines is 1. The molecule has 8 heteroatoms. The van der Waals surface area contributed by atoms with Crippen LogP contribution in [0.15, 0.2) is 30.3 Å². The van der Waals surface area contributed by atoms with E-state index in [1.54, 1.807) is 24.3 Å². The standard InChI is InChI=1S/C19H16FN5O2/c20-16-9-13(1-2-14(16)11-22)17-7-12(10-21)8-18(24-17)25-5-3-15(4-6-25)27-19(23)26/h1-2,7-9,15H,3-6H2,(H2,23,26). The molecule has 136 valence electrons. The monoisotopic (exact) mass is 365 g/mol. The highest BCUT2D eigenvalue weighted by Crippen LogP contribution is 2.26. The van der Waals surface area contributed by atoms with Gasteiger partial charge in [-0.2, -0.15) is 10.5 Å². The molecule has 0 radical (unpaired) electrons. The van der Waals surface area contributed by atoms with Gasteiger partial charge in [-0.1, -0.05) is 6.07 Å². The predicted molar refractivity (Wildman–Crippen MR) is 95.0 cm³/mol. The summed E-state index contributed by atoms with van der Waals surface area (Å²) in [5.74, 6) is -0.0449. The lowest BCUT2D eigenvalue weighted by atomic mass is 10.1. The van der Waals surface area contributed by atoms with E-state index in [0.717, 1.165) is 0 Å². The van der Waals surface area contributed by atoms with Crippen LogP contribution in [-0.4, -0.2) is 30.3 Å². The zero-order valence-corrected chi connectivity index (χ0v) is 14.4. The van der Waals surface area contributed by atoms with Crippen molar-refractivity contribution >= 4 is 11.9 Å². The number of piperidine rings is 1. The maximum absolute atomic E-state index is 13.9. The van der Waals surface area contributed by atoms with Crippen molar-refractivity contribution in [2.24, 2.45) is 5.73 Å². The first-order valence-electron chi connectivity index (χ1n) is 8.33. The number of benzene rings is 1. The van der Waals surface area contributed by atoms with Crippen LogP contribution in [-0.2, 0) is 4.74 Å². The number of nitrogens with zero attached hydrogens (tertiary/aromatic N) is 4. The van der Waals surface area contributed by atoms with Crippen molar-refractivity contribution in [2.75, 3.05) is 18.0 Å². The van der Waals surface area contributed by atoms with E-state index in [1.807, 2.05) is 4.90 Å². The van der Waals surface area contributed by atoms with Crippen LogP contribution < -0.4 is 10.6 Å². The van der Waals surface area contributed by atoms with Gasteiger partial charge in [-0.3, -0.25) is 0 Å². The highest BCUT2D eigenvalue weighted by Gasteiger charge is 2.23. The number of aromatic nitrogens is 1. The fourth-order valence-corrected chi connectivity index (χ4v) is 3.02. The number of carbonyl (C=O) groups excluding carboxylic acids is 1. The Kier molecular flexibility index (Phi) is 5.18. The molecule has 1 aliphatic rings. The number of primary amides is 1. The van der Waals surface area contributed by atoms with Gasteiger partial charge in [0.25, 0.3) is 0 Å². The lowest BCUT2D eigenvalue weighted by Crippen LogP contribution is -2.39. The number of rotatable bonds is 3. The van der Waals surface area contributed by atoms with Crippen LogP contribution in [0.4, 0.5) is 15.0 Å². The lowest BCUT2D eigenvalue weighted by Gasteiger charge is -2.32. The van der Waals surface area contributed by atoms with Gasteiger partial charge in [0.2, 0.25) is 0 Å². The second kappa shape index (κ2) is 7.71. The summed E-state index contributed by atoms with van der Waals surface area (Å²) >= 11 is 0. The molecular formula is C19H16FN5O2. The Bertz CT molecular complexity index is 956. The van der Waals surface area contributed by atoms with Crippen molar-refractivity contribution in [1.82, 2.24) is 4.98 Å². The molecule has 1 saturated heterocycles. The predicted octanol–water partition coefficient (Wildman–Crippen LogP) is 2.70. The number of hydrogen-bond donors (Lipinski definition) is 1. The molecule has 27 heavy (non-hydrogen) atoms. The largest absolute Gasteiger partial charge is 0.446 e. The number of nitriles is 2. The van der Waals surface area contributed by atoms with Gasteiger partial charge in [0.05, 0.1) is 22.9 Å². The third-order valence-corrected chi connectivity index (χ3v) is 4.38. The van der Waals surface area contributed by atoms with E-state index in [0.29, 0.717) is 48.6 Å². The van der Waals surface area contributed by atoms with Gasteiger partial charge in [-0.05, 0) is 24.3 Å². The molecule has 0 spiro atoms. The Hall–Kier alpha value is -3.65. The van der Waals surface area contributed by atoms with Crippen LogP contribution in [0.5, 0.6) is 0 Å². The molecule has 0 unspecified atom stereocenters. The Morgan fingerprint density at radius 1 is 1.22 bits per heavy atom. The molecule has 0 aliphatic carbocycles. The smallest absolute Gasteiger partial charge is 0.404 e. The quantitative estimate of drug-likeness (QED) is 0.894. The third kappa shape index (κ3) is 4.13. The number of ether oxygens (including phenoxy) is 1. The molecule has 1 aliphatic heterocycles. The summed E-state index contributed by atoms with van der Waals surface area (Å²) < 4.78 is 19.0. The summed E-state index contributed by atoms with van der Waals surface area (Å²) in [6.45, 7) is 1.17. The summed E-state index contributed by atoms with van der Waals surface area (Å²) in [7, 11) is 0. The maximum Gasteiger partial charge on any atom is 0.404 e. The van der Waals surface area contributed by atoms with Crippen molar-refractivity contribution < 1.29 is 13.9 Å². The summed E-state index contributed by atoms with van der Waals surface area (Å²) in [5, 5.41) is 18.2.